The average molecular weight is 497 g/mol. The molecule has 14 heteroatoms. The zero-order chi connectivity index (χ0) is 26.4. The van der Waals surface area contributed by atoms with E-state index in [1.54, 1.807) is 53.4 Å². The summed E-state index contributed by atoms with van der Waals surface area (Å²) in [5.41, 5.74) is 7.45. The van der Waals surface area contributed by atoms with E-state index in [9.17, 15) is 24.1 Å². The minimum Gasteiger partial charge on any atom is -0.350 e. The average Bonchev–Trinajstić information content (AvgIpc) is 3.49. The molecular formula is C22H26N9O5+. The van der Waals surface area contributed by atoms with Gasteiger partial charge in [-0.3, -0.25) is 24.9 Å². The third-order valence-corrected chi connectivity index (χ3v) is 5.24. The number of amides is 4. The van der Waals surface area contributed by atoms with Crippen molar-refractivity contribution in [3.05, 3.63) is 58.8 Å². The van der Waals surface area contributed by atoms with Crippen molar-refractivity contribution in [1.82, 2.24) is 23.9 Å². The number of nitrogens with two attached hydrogens (primary N) is 1. The number of anilines is 3. The Bertz CT molecular complexity index is 1370. The summed E-state index contributed by atoms with van der Waals surface area (Å²) in [4.78, 5) is 61.4. The van der Waals surface area contributed by atoms with Gasteiger partial charge in [-0.1, -0.05) is 0 Å². The van der Waals surface area contributed by atoms with E-state index in [4.69, 9.17) is 5.73 Å². The van der Waals surface area contributed by atoms with E-state index in [2.05, 4.69) is 26.1 Å². The second-order valence-corrected chi connectivity index (χ2v) is 7.93. The minimum absolute atomic E-state index is 0.114. The van der Waals surface area contributed by atoms with Crippen LogP contribution in [0, 0.1) is 4.91 Å². The van der Waals surface area contributed by atoms with Crippen LogP contribution in [0.1, 0.15) is 37.9 Å². The highest BCUT2D eigenvalue weighted by Crippen LogP contribution is 2.19. The molecular weight excluding hydrogens is 470 g/mol. The quantitative estimate of drug-likeness (QED) is 0.114. The van der Waals surface area contributed by atoms with E-state index in [0.29, 0.717) is 29.2 Å². The van der Waals surface area contributed by atoms with Crippen LogP contribution in [0.25, 0.3) is 0 Å². The van der Waals surface area contributed by atoms with Gasteiger partial charge in [0.2, 0.25) is 6.41 Å². The first kappa shape index (κ1) is 25.5. The van der Waals surface area contributed by atoms with Crippen LogP contribution in [-0.4, -0.2) is 50.2 Å². The van der Waals surface area contributed by atoms with Crippen molar-refractivity contribution >= 4 is 47.0 Å². The lowest BCUT2D eigenvalue weighted by atomic mass is 10.3. The van der Waals surface area contributed by atoms with E-state index >= 15 is 0 Å². The number of nitrogens with zero attached hydrogens (tertiary/aromatic N) is 4. The van der Waals surface area contributed by atoms with Gasteiger partial charge in [-0.05, 0) is 18.2 Å². The zero-order valence-corrected chi connectivity index (χ0v) is 19.9. The first-order chi connectivity index (χ1) is 17.1. The predicted molar refractivity (Wildman–Crippen MR) is 133 cm³/mol. The third-order valence-electron chi connectivity index (χ3n) is 5.24. The van der Waals surface area contributed by atoms with Gasteiger partial charge >= 0.3 is 5.84 Å². The van der Waals surface area contributed by atoms with E-state index in [-0.39, 0.29) is 30.2 Å². The van der Waals surface area contributed by atoms with Crippen molar-refractivity contribution in [3.63, 3.8) is 0 Å². The summed E-state index contributed by atoms with van der Waals surface area (Å²) in [5.74, 6) is -1.40. The number of carbonyl (C=O) groups excluding carboxylic acids is 4. The Labute approximate surface area is 205 Å². The first-order valence-electron chi connectivity index (χ1n) is 10.7. The molecule has 3 aromatic rings. The molecule has 6 N–H and O–H groups in total. The number of nitrogens with one attached hydrogen (secondary N) is 4. The number of amidine groups is 1. The summed E-state index contributed by atoms with van der Waals surface area (Å²) in [5, 5.41) is 10.6. The maximum Gasteiger partial charge on any atom is 0.401 e. The second-order valence-electron chi connectivity index (χ2n) is 7.93. The summed E-state index contributed by atoms with van der Waals surface area (Å²) < 4.78 is 4.65. The van der Waals surface area contributed by atoms with Crippen molar-refractivity contribution in [2.24, 2.45) is 26.9 Å². The fourth-order valence-electron chi connectivity index (χ4n) is 3.49. The molecule has 3 aromatic heterocycles. The molecule has 0 bridgehead atoms. The lowest BCUT2D eigenvalue weighted by molar-refractivity contribution is -0.105. The number of rotatable bonds is 10. The molecule has 0 aliphatic carbocycles. The molecule has 0 saturated heterocycles. The normalized spacial score (nSPS) is 10.3. The SMILES string of the molecule is Cn1cc(NC(=O)c2cc(NC(=O)c3cc(NC=O)cn3C)cn2C)cc1C(=O)NCCC(N)=[N+]=O. The van der Waals surface area contributed by atoms with Gasteiger partial charge in [0.15, 0.2) is 0 Å². The van der Waals surface area contributed by atoms with Crippen molar-refractivity contribution in [2.75, 3.05) is 22.5 Å². The Morgan fingerprint density at radius 3 is 1.75 bits per heavy atom. The first-order valence-corrected chi connectivity index (χ1v) is 10.7. The topological polar surface area (TPSA) is 188 Å². The van der Waals surface area contributed by atoms with Crippen molar-refractivity contribution in [1.29, 1.82) is 0 Å². The molecule has 0 aliphatic rings. The van der Waals surface area contributed by atoms with Gasteiger partial charge in [-0.2, -0.15) is 0 Å². The Kier molecular flexibility index (Phi) is 7.72. The van der Waals surface area contributed by atoms with Crippen molar-refractivity contribution < 1.29 is 19.2 Å². The van der Waals surface area contributed by atoms with Crippen LogP contribution < -0.4 is 31.9 Å². The van der Waals surface area contributed by atoms with Crippen molar-refractivity contribution in [2.45, 2.75) is 6.42 Å². The number of hydrogen-bond donors (Lipinski definition) is 5. The standard InChI is InChI=1S/C22H25N9O5/c1-29-9-13(25-12-32)6-17(29)21(34)27-15-8-18(31(3)11-15)22(35)26-14-7-16(30(2)10-14)20(33)24-5-4-19(23)28-36/h6-12,23H,4-5H2,1-3H3,(H4,24,25,26,27,32,33,34,35)/p+1. The highest BCUT2D eigenvalue weighted by Gasteiger charge is 2.18. The van der Waals surface area contributed by atoms with E-state index in [1.165, 1.54) is 18.2 Å². The summed E-state index contributed by atoms with van der Waals surface area (Å²) in [7, 11) is 4.97. The number of aromatic nitrogens is 3. The Morgan fingerprint density at radius 2 is 1.28 bits per heavy atom. The fraction of sp³-hybridized carbons (Fsp3) is 0.227. The molecule has 188 valence electrons. The monoisotopic (exact) mass is 496 g/mol. The molecule has 14 nitrogen and oxygen atoms in total. The van der Waals surface area contributed by atoms with Gasteiger partial charge in [-0.25, -0.2) is 0 Å². The molecule has 0 atom stereocenters. The smallest absolute Gasteiger partial charge is 0.350 e. The van der Waals surface area contributed by atoms with Crippen LogP contribution in [0.15, 0.2) is 36.8 Å². The molecule has 36 heavy (non-hydrogen) atoms. The molecule has 0 unspecified atom stereocenters. The maximum absolute atomic E-state index is 12.8. The molecule has 4 amide bonds. The zero-order valence-electron chi connectivity index (χ0n) is 19.9. The van der Waals surface area contributed by atoms with Gasteiger partial charge in [-0.15, -0.1) is 0 Å². The van der Waals surface area contributed by atoms with E-state index in [1.807, 2.05) is 0 Å². The molecule has 3 heterocycles. The molecule has 0 radical (unpaired) electrons. The van der Waals surface area contributed by atoms with Crippen LogP contribution in [0.3, 0.4) is 0 Å². The Hall–Kier alpha value is -5.10. The Morgan fingerprint density at radius 1 is 0.833 bits per heavy atom. The predicted octanol–water partition coefficient (Wildman–Crippen LogP) is 0.0857. The van der Waals surface area contributed by atoms with Crippen LogP contribution in [0.2, 0.25) is 0 Å². The lowest BCUT2D eigenvalue weighted by Gasteiger charge is -2.03. The minimum atomic E-state index is -0.452. The van der Waals surface area contributed by atoms with Gasteiger partial charge in [0.05, 0.1) is 28.3 Å². The maximum atomic E-state index is 12.8. The second kappa shape index (κ2) is 10.9. The number of hydrogen-bond acceptors (Lipinski definition) is 5. The summed E-state index contributed by atoms with van der Waals surface area (Å²) >= 11 is 0. The third kappa shape index (κ3) is 5.87. The molecule has 3 rings (SSSR count). The lowest BCUT2D eigenvalue weighted by Crippen LogP contribution is -2.29. The van der Waals surface area contributed by atoms with E-state index in [0.717, 1.165) is 0 Å². The molecule has 0 spiro atoms. The van der Waals surface area contributed by atoms with Gasteiger partial charge < -0.3 is 35.0 Å². The highest BCUT2D eigenvalue weighted by atomic mass is 16.2. The Balaban J connectivity index is 1.66. The van der Waals surface area contributed by atoms with Crippen LogP contribution >= 0.6 is 0 Å². The van der Waals surface area contributed by atoms with Gasteiger partial charge in [0.1, 0.15) is 17.1 Å². The molecule has 0 aliphatic heterocycles. The largest absolute Gasteiger partial charge is 0.401 e. The molecule has 0 fully saturated rings. The van der Waals surface area contributed by atoms with Gasteiger partial charge in [0, 0.05) is 51.2 Å². The number of nitroso groups, excluding NO2 is 1. The summed E-state index contributed by atoms with van der Waals surface area (Å²) in [6, 6.07) is 4.54. The summed E-state index contributed by atoms with van der Waals surface area (Å²) in [6.45, 7) is 0.138. The van der Waals surface area contributed by atoms with E-state index < -0.39 is 17.7 Å². The molecule has 0 saturated carbocycles. The van der Waals surface area contributed by atoms with Crippen LogP contribution in [0.4, 0.5) is 17.1 Å². The number of aryl methyl sites for hydroxylation is 3. The van der Waals surface area contributed by atoms with Gasteiger partial charge in [0.25, 0.3) is 17.7 Å². The van der Waals surface area contributed by atoms with Crippen LogP contribution in [-0.2, 0) is 25.9 Å². The van der Waals surface area contributed by atoms with Crippen LogP contribution in [0.5, 0.6) is 0 Å². The highest BCUT2D eigenvalue weighted by molar-refractivity contribution is 6.07. The fourth-order valence-corrected chi connectivity index (χ4v) is 3.49. The van der Waals surface area contributed by atoms with Crippen molar-refractivity contribution in [3.8, 4) is 0 Å². The molecule has 0 aromatic carbocycles. The number of carbonyl (C=O) groups is 4. The summed E-state index contributed by atoms with van der Waals surface area (Å²) in [6.07, 6.45) is 5.39.